The first-order chi connectivity index (χ1) is 6.74. The summed E-state index contributed by atoms with van der Waals surface area (Å²) < 4.78 is 44.1. The van der Waals surface area contributed by atoms with Crippen LogP contribution in [0.1, 0.15) is 5.56 Å². The van der Waals surface area contributed by atoms with Crippen LogP contribution in [0, 0.1) is 17.1 Å². The maximum atomic E-state index is 12.5. The molecule has 0 amide bonds. The van der Waals surface area contributed by atoms with Crippen molar-refractivity contribution in [3.05, 3.63) is 29.6 Å². The molecule has 0 atom stereocenters. The molecular formula is C7H7FN2O4S. The first kappa shape index (κ1) is 13.3. The van der Waals surface area contributed by atoms with Crippen LogP contribution in [0.3, 0.4) is 0 Å². The Kier molecular flexibility index (Phi) is 4.66. The van der Waals surface area contributed by atoms with Crippen molar-refractivity contribution >= 4 is 16.1 Å². The number of nitrogens with two attached hydrogens (primary N) is 1. The molecule has 0 saturated heterocycles. The molecular weight excluding hydrogens is 227 g/mol. The molecule has 1 rings (SSSR count). The largest absolute Gasteiger partial charge is 0.396 e. The highest BCUT2D eigenvalue weighted by atomic mass is 32.3. The monoisotopic (exact) mass is 234 g/mol. The van der Waals surface area contributed by atoms with Crippen molar-refractivity contribution in [2.75, 3.05) is 5.73 Å². The van der Waals surface area contributed by atoms with Crippen LogP contribution in [-0.4, -0.2) is 17.5 Å². The first-order valence-corrected chi connectivity index (χ1v) is 4.78. The highest BCUT2D eigenvalue weighted by Crippen LogP contribution is 2.10. The van der Waals surface area contributed by atoms with E-state index in [4.69, 9.17) is 28.5 Å². The van der Waals surface area contributed by atoms with Crippen molar-refractivity contribution < 1.29 is 21.9 Å². The predicted octanol–water partition coefficient (Wildman–Crippen LogP) is 0.627. The topological polar surface area (TPSA) is 124 Å². The van der Waals surface area contributed by atoms with Crippen molar-refractivity contribution in [1.29, 1.82) is 5.26 Å². The lowest BCUT2D eigenvalue weighted by Crippen LogP contribution is -1.89. The Balaban J connectivity index is 0.000000336. The summed E-state index contributed by atoms with van der Waals surface area (Å²) in [6.07, 6.45) is 0. The third-order valence-corrected chi connectivity index (χ3v) is 1.13. The molecule has 82 valence electrons. The van der Waals surface area contributed by atoms with Crippen molar-refractivity contribution in [2.24, 2.45) is 0 Å². The molecule has 0 aliphatic carbocycles. The molecule has 0 aliphatic rings. The molecule has 0 aliphatic heterocycles. The third-order valence-electron chi connectivity index (χ3n) is 1.13. The van der Waals surface area contributed by atoms with E-state index in [-0.39, 0.29) is 11.3 Å². The van der Waals surface area contributed by atoms with E-state index in [1.165, 1.54) is 12.1 Å². The summed E-state index contributed by atoms with van der Waals surface area (Å²) in [5.41, 5.74) is 5.51. The Labute approximate surface area is 85.3 Å². The number of anilines is 1. The SMILES string of the molecule is N#Cc1ccc(N)c(F)c1.O=S(=O)(O)O. The Morgan fingerprint density at radius 1 is 1.40 bits per heavy atom. The molecule has 6 nitrogen and oxygen atoms in total. The van der Waals surface area contributed by atoms with Crippen molar-refractivity contribution in [2.45, 2.75) is 0 Å². The highest BCUT2D eigenvalue weighted by Gasteiger charge is 1.97. The molecule has 4 N–H and O–H groups in total. The van der Waals surface area contributed by atoms with Crippen LogP contribution in [0.2, 0.25) is 0 Å². The molecule has 0 radical (unpaired) electrons. The molecule has 8 heteroatoms. The molecule has 1 aromatic rings. The molecule has 0 fully saturated rings. The minimum atomic E-state index is -4.67. The summed E-state index contributed by atoms with van der Waals surface area (Å²) in [4.78, 5) is 0. The molecule has 15 heavy (non-hydrogen) atoms. The summed E-state index contributed by atoms with van der Waals surface area (Å²) in [6.45, 7) is 0. The quantitative estimate of drug-likeness (QED) is 0.446. The van der Waals surface area contributed by atoms with Crippen molar-refractivity contribution in [3.63, 3.8) is 0 Å². The Hall–Kier alpha value is -1.69. The number of halogens is 1. The van der Waals surface area contributed by atoms with Gasteiger partial charge in [0, 0.05) is 0 Å². The van der Waals surface area contributed by atoms with Crippen LogP contribution in [0.4, 0.5) is 10.1 Å². The predicted molar refractivity (Wildman–Crippen MR) is 49.7 cm³/mol. The molecule has 0 aromatic heterocycles. The standard InChI is InChI=1S/C7H5FN2.H2O4S/c8-6-3-5(4-9)1-2-7(6)10;1-5(2,3)4/h1-3H,10H2;(H2,1,2,3,4). The smallest absolute Gasteiger partial charge is 0.394 e. The van der Waals surface area contributed by atoms with Gasteiger partial charge in [-0.2, -0.15) is 13.7 Å². The minimum absolute atomic E-state index is 0.0685. The fraction of sp³-hybridized carbons (Fsp3) is 0. The van der Waals surface area contributed by atoms with Gasteiger partial charge in [-0.05, 0) is 18.2 Å². The Morgan fingerprint density at radius 3 is 2.20 bits per heavy atom. The summed E-state index contributed by atoms with van der Waals surface area (Å²) in [5.74, 6) is -0.543. The molecule has 0 spiro atoms. The van der Waals surface area contributed by atoms with Crippen LogP contribution < -0.4 is 5.73 Å². The summed E-state index contributed by atoms with van der Waals surface area (Å²) in [7, 11) is -4.67. The third kappa shape index (κ3) is 7.39. The second kappa shape index (κ2) is 5.26. The van der Waals surface area contributed by atoms with Gasteiger partial charge in [-0.15, -0.1) is 0 Å². The van der Waals surface area contributed by atoms with E-state index < -0.39 is 16.2 Å². The van der Waals surface area contributed by atoms with Crippen LogP contribution in [-0.2, 0) is 10.4 Å². The Morgan fingerprint density at radius 2 is 1.87 bits per heavy atom. The van der Waals surface area contributed by atoms with Crippen LogP contribution in [0.25, 0.3) is 0 Å². The van der Waals surface area contributed by atoms with Gasteiger partial charge in [0.15, 0.2) is 0 Å². The van der Waals surface area contributed by atoms with Gasteiger partial charge in [0.25, 0.3) is 0 Å². The lowest BCUT2D eigenvalue weighted by molar-refractivity contribution is 0.381. The zero-order valence-electron chi connectivity index (χ0n) is 7.25. The highest BCUT2D eigenvalue weighted by molar-refractivity contribution is 7.79. The zero-order chi connectivity index (χ0) is 12.1. The maximum Gasteiger partial charge on any atom is 0.394 e. The van der Waals surface area contributed by atoms with Gasteiger partial charge in [0.1, 0.15) is 5.82 Å². The van der Waals surface area contributed by atoms with E-state index in [1.807, 2.05) is 0 Å². The normalized spacial score (nSPS) is 9.73. The molecule has 0 bridgehead atoms. The number of hydrogen-bond acceptors (Lipinski definition) is 4. The fourth-order valence-corrected chi connectivity index (χ4v) is 0.597. The summed E-state index contributed by atoms with van der Waals surface area (Å²) in [5, 5.41) is 8.30. The van der Waals surface area contributed by atoms with Gasteiger partial charge in [-0.1, -0.05) is 0 Å². The average Bonchev–Trinajstić information content (AvgIpc) is 2.07. The number of nitriles is 1. The zero-order valence-corrected chi connectivity index (χ0v) is 8.07. The van der Waals surface area contributed by atoms with E-state index in [9.17, 15) is 4.39 Å². The summed E-state index contributed by atoms with van der Waals surface area (Å²) >= 11 is 0. The maximum absolute atomic E-state index is 12.5. The number of nitrogen functional groups attached to an aromatic ring is 1. The van der Waals surface area contributed by atoms with Gasteiger partial charge in [-0.25, -0.2) is 4.39 Å². The van der Waals surface area contributed by atoms with Gasteiger partial charge >= 0.3 is 10.4 Å². The number of nitrogens with zero attached hydrogens (tertiary/aromatic N) is 1. The van der Waals surface area contributed by atoms with Crippen molar-refractivity contribution in [1.82, 2.24) is 0 Å². The Bertz CT molecular complexity index is 472. The lowest BCUT2D eigenvalue weighted by Gasteiger charge is -1.93. The van der Waals surface area contributed by atoms with Gasteiger partial charge in [0.05, 0.1) is 17.3 Å². The first-order valence-electron chi connectivity index (χ1n) is 3.39. The second-order valence-electron chi connectivity index (χ2n) is 2.30. The van der Waals surface area contributed by atoms with Gasteiger partial charge < -0.3 is 5.73 Å². The molecule has 0 unspecified atom stereocenters. The van der Waals surface area contributed by atoms with Gasteiger partial charge in [-0.3, -0.25) is 9.11 Å². The number of rotatable bonds is 0. The molecule has 0 saturated carbocycles. The average molecular weight is 234 g/mol. The van der Waals surface area contributed by atoms with Crippen LogP contribution in [0.5, 0.6) is 0 Å². The molecule has 0 heterocycles. The number of benzene rings is 1. The van der Waals surface area contributed by atoms with E-state index in [0.29, 0.717) is 0 Å². The van der Waals surface area contributed by atoms with E-state index in [0.717, 1.165) is 6.07 Å². The van der Waals surface area contributed by atoms with E-state index >= 15 is 0 Å². The van der Waals surface area contributed by atoms with Gasteiger partial charge in [0.2, 0.25) is 0 Å². The van der Waals surface area contributed by atoms with E-state index in [2.05, 4.69) is 0 Å². The van der Waals surface area contributed by atoms with Crippen LogP contribution in [0.15, 0.2) is 18.2 Å². The van der Waals surface area contributed by atoms with Crippen molar-refractivity contribution in [3.8, 4) is 6.07 Å². The van der Waals surface area contributed by atoms with Crippen LogP contribution >= 0.6 is 0 Å². The second-order valence-corrected chi connectivity index (χ2v) is 3.19. The lowest BCUT2D eigenvalue weighted by atomic mass is 10.2. The minimum Gasteiger partial charge on any atom is -0.396 e. The number of hydrogen-bond donors (Lipinski definition) is 3. The fourth-order valence-electron chi connectivity index (χ4n) is 0.597. The van der Waals surface area contributed by atoms with E-state index in [1.54, 1.807) is 6.07 Å². The summed E-state index contributed by atoms with van der Waals surface area (Å²) in [6, 6.07) is 5.75. The molecule has 1 aromatic carbocycles.